The van der Waals surface area contributed by atoms with Crippen molar-refractivity contribution in [2.24, 2.45) is 5.92 Å². The van der Waals surface area contributed by atoms with Gasteiger partial charge >= 0.3 is 0 Å². The summed E-state index contributed by atoms with van der Waals surface area (Å²) in [6.07, 6.45) is 7.68. The van der Waals surface area contributed by atoms with Crippen molar-refractivity contribution in [1.82, 2.24) is 0 Å². The third-order valence-electron chi connectivity index (χ3n) is 2.15. The SMILES string of the molecule is CCC(C)CCCC=C(C)C. The van der Waals surface area contributed by atoms with Gasteiger partial charge in [-0.05, 0) is 32.6 Å². The van der Waals surface area contributed by atoms with E-state index in [4.69, 9.17) is 0 Å². The topological polar surface area (TPSA) is 0 Å². The van der Waals surface area contributed by atoms with Crippen LogP contribution in [-0.2, 0) is 0 Å². The van der Waals surface area contributed by atoms with Crippen LogP contribution in [0.2, 0.25) is 0 Å². The Bertz CT molecular complexity index is 107. The van der Waals surface area contributed by atoms with Crippen LogP contribution in [0.1, 0.15) is 53.4 Å². The van der Waals surface area contributed by atoms with Crippen LogP contribution in [0, 0.1) is 5.92 Å². The van der Waals surface area contributed by atoms with Gasteiger partial charge in [-0.2, -0.15) is 0 Å². The van der Waals surface area contributed by atoms with Gasteiger partial charge in [0.2, 0.25) is 0 Å². The summed E-state index contributed by atoms with van der Waals surface area (Å²) in [7, 11) is 0. The fourth-order valence-electron chi connectivity index (χ4n) is 1.06. The van der Waals surface area contributed by atoms with Crippen molar-refractivity contribution in [3.8, 4) is 0 Å². The largest absolute Gasteiger partial charge is 0.0859 e. The second-order valence-electron chi connectivity index (χ2n) is 3.73. The summed E-state index contributed by atoms with van der Waals surface area (Å²) in [5.41, 5.74) is 1.45. The molecule has 11 heavy (non-hydrogen) atoms. The van der Waals surface area contributed by atoms with E-state index in [-0.39, 0.29) is 0 Å². The summed E-state index contributed by atoms with van der Waals surface area (Å²) >= 11 is 0. The van der Waals surface area contributed by atoms with Gasteiger partial charge in [-0.1, -0.05) is 38.3 Å². The van der Waals surface area contributed by atoms with Gasteiger partial charge in [-0.15, -0.1) is 0 Å². The molecule has 0 nitrogen and oxygen atoms in total. The lowest BCUT2D eigenvalue weighted by Gasteiger charge is -2.05. The van der Waals surface area contributed by atoms with Crippen LogP contribution >= 0.6 is 0 Å². The minimum atomic E-state index is 0.917. The smallest absolute Gasteiger partial charge is 0.0348 e. The molecule has 0 heteroatoms. The molecular weight excluding hydrogens is 132 g/mol. The van der Waals surface area contributed by atoms with Gasteiger partial charge in [0.15, 0.2) is 0 Å². The van der Waals surface area contributed by atoms with Crippen LogP contribution in [-0.4, -0.2) is 0 Å². The molecule has 0 heterocycles. The van der Waals surface area contributed by atoms with E-state index in [2.05, 4.69) is 33.8 Å². The fraction of sp³-hybridized carbons (Fsp3) is 0.818. The Hall–Kier alpha value is -0.260. The van der Waals surface area contributed by atoms with Crippen LogP contribution in [0.5, 0.6) is 0 Å². The van der Waals surface area contributed by atoms with E-state index in [0.29, 0.717) is 0 Å². The number of rotatable bonds is 5. The number of hydrogen-bond acceptors (Lipinski definition) is 0. The van der Waals surface area contributed by atoms with Crippen molar-refractivity contribution < 1.29 is 0 Å². The predicted octanol–water partition coefficient (Wildman–Crippen LogP) is 4.17. The molecule has 0 aliphatic rings. The summed E-state index contributed by atoms with van der Waals surface area (Å²) in [6, 6.07) is 0. The molecule has 0 aromatic rings. The standard InChI is InChI=1S/C11H22/c1-5-11(4)9-7-6-8-10(2)3/h8,11H,5-7,9H2,1-4H3. The van der Waals surface area contributed by atoms with E-state index in [1.165, 1.54) is 31.3 Å². The Morgan fingerprint density at radius 3 is 2.45 bits per heavy atom. The van der Waals surface area contributed by atoms with Gasteiger partial charge in [-0.3, -0.25) is 0 Å². The molecule has 0 bridgehead atoms. The quantitative estimate of drug-likeness (QED) is 0.412. The molecule has 0 spiro atoms. The highest BCUT2D eigenvalue weighted by atomic mass is 14.0. The van der Waals surface area contributed by atoms with Gasteiger partial charge in [-0.25, -0.2) is 0 Å². The molecule has 0 aromatic heterocycles. The van der Waals surface area contributed by atoms with Crippen LogP contribution < -0.4 is 0 Å². The number of allylic oxidation sites excluding steroid dienone is 2. The van der Waals surface area contributed by atoms with Gasteiger partial charge in [0, 0.05) is 0 Å². The summed E-state index contributed by atoms with van der Waals surface area (Å²) in [5.74, 6) is 0.917. The molecule has 0 rings (SSSR count). The summed E-state index contributed by atoms with van der Waals surface area (Å²) < 4.78 is 0. The number of hydrogen-bond donors (Lipinski definition) is 0. The first-order valence-electron chi connectivity index (χ1n) is 4.80. The highest BCUT2D eigenvalue weighted by Crippen LogP contribution is 2.11. The Balaban J connectivity index is 3.21. The summed E-state index contributed by atoms with van der Waals surface area (Å²) in [5, 5.41) is 0. The zero-order valence-corrected chi connectivity index (χ0v) is 8.48. The molecule has 0 aromatic carbocycles. The molecule has 0 saturated heterocycles. The monoisotopic (exact) mass is 154 g/mol. The van der Waals surface area contributed by atoms with Crippen molar-refractivity contribution in [2.45, 2.75) is 53.4 Å². The molecule has 1 atom stereocenters. The van der Waals surface area contributed by atoms with Crippen LogP contribution in [0.4, 0.5) is 0 Å². The van der Waals surface area contributed by atoms with E-state index in [0.717, 1.165) is 5.92 Å². The third kappa shape index (κ3) is 7.64. The van der Waals surface area contributed by atoms with E-state index in [9.17, 15) is 0 Å². The maximum atomic E-state index is 2.34. The van der Waals surface area contributed by atoms with E-state index in [1.54, 1.807) is 0 Å². The van der Waals surface area contributed by atoms with Gasteiger partial charge in [0.1, 0.15) is 0 Å². The normalized spacial score (nSPS) is 12.7. The predicted molar refractivity (Wildman–Crippen MR) is 52.7 cm³/mol. The Morgan fingerprint density at radius 2 is 2.00 bits per heavy atom. The van der Waals surface area contributed by atoms with Crippen LogP contribution in [0.25, 0.3) is 0 Å². The van der Waals surface area contributed by atoms with Crippen molar-refractivity contribution >= 4 is 0 Å². The van der Waals surface area contributed by atoms with Crippen molar-refractivity contribution in [2.75, 3.05) is 0 Å². The second-order valence-corrected chi connectivity index (χ2v) is 3.73. The first-order valence-corrected chi connectivity index (χ1v) is 4.80. The zero-order valence-electron chi connectivity index (χ0n) is 8.48. The van der Waals surface area contributed by atoms with Crippen molar-refractivity contribution in [3.05, 3.63) is 11.6 Å². The minimum Gasteiger partial charge on any atom is -0.0859 e. The van der Waals surface area contributed by atoms with Crippen molar-refractivity contribution in [1.29, 1.82) is 0 Å². The fourth-order valence-corrected chi connectivity index (χ4v) is 1.06. The molecule has 0 aliphatic carbocycles. The average Bonchev–Trinajstić information content (AvgIpc) is 1.97. The molecule has 1 unspecified atom stereocenters. The highest BCUT2D eigenvalue weighted by Gasteiger charge is 1.95. The van der Waals surface area contributed by atoms with Gasteiger partial charge < -0.3 is 0 Å². The average molecular weight is 154 g/mol. The maximum Gasteiger partial charge on any atom is -0.0348 e. The number of unbranched alkanes of at least 4 members (excludes halogenated alkanes) is 1. The van der Waals surface area contributed by atoms with Crippen molar-refractivity contribution in [3.63, 3.8) is 0 Å². The van der Waals surface area contributed by atoms with Gasteiger partial charge in [0.05, 0.1) is 0 Å². The van der Waals surface area contributed by atoms with E-state index in [1.807, 2.05) is 0 Å². The molecule has 0 fully saturated rings. The zero-order chi connectivity index (χ0) is 8.69. The summed E-state index contributed by atoms with van der Waals surface area (Å²) in [4.78, 5) is 0. The lowest BCUT2D eigenvalue weighted by Crippen LogP contribution is -1.90. The molecule has 66 valence electrons. The molecule has 0 amide bonds. The second kappa shape index (κ2) is 6.45. The first kappa shape index (κ1) is 10.7. The van der Waals surface area contributed by atoms with Crippen LogP contribution in [0.3, 0.4) is 0 Å². The molecule has 0 N–H and O–H groups in total. The van der Waals surface area contributed by atoms with E-state index < -0.39 is 0 Å². The van der Waals surface area contributed by atoms with E-state index >= 15 is 0 Å². The lowest BCUT2D eigenvalue weighted by molar-refractivity contribution is 0.498. The molecule has 0 saturated carbocycles. The molecular formula is C11H22. The maximum absolute atomic E-state index is 2.34. The Labute approximate surface area is 71.7 Å². The van der Waals surface area contributed by atoms with Gasteiger partial charge in [0.25, 0.3) is 0 Å². The molecule has 0 aliphatic heterocycles. The Kier molecular flexibility index (Phi) is 6.30. The third-order valence-corrected chi connectivity index (χ3v) is 2.15. The molecule has 0 radical (unpaired) electrons. The highest BCUT2D eigenvalue weighted by molar-refractivity contribution is 4.92. The minimum absolute atomic E-state index is 0.917. The Morgan fingerprint density at radius 1 is 1.36 bits per heavy atom. The first-order chi connectivity index (χ1) is 5.16. The summed E-state index contributed by atoms with van der Waals surface area (Å²) in [6.45, 7) is 8.95. The van der Waals surface area contributed by atoms with Crippen LogP contribution in [0.15, 0.2) is 11.6 Å². The lowest BCUT2D eigenvalue weighted by atomic mass is 10.0.